The van der Waals surface area contributed by atoms with Gasteiger partial charge < -0.3 is 14.8 Å². The van der Waals surface area contributed by atoms with Gasteiger partial charge in [0.25, 0.3) is 5.56 Å². The van der Waals surface area contributed by atoms with Crippen LogP contribution in [-0.2, 0) is 16.0 Å². The number of ether oxygens (including phenoxy) is 2. The number of fused-ring (bicyclic) bond motifs is 1. The Kier molecular flexibility index (Phi) is 9.56. The molecule has 47 heavy (non-hydrogen) atoms. The molecule has 1 amide bonds. The number of rotatable bonds is 6. The van der Waals surface area contributed by atoms with Crippen LogP contribution in [-0.4, -0.2) is 63.1 Å². The predicted octanol–water partition coefficient (Wildman–Crippen LogP) is 5.58. The third-order valence-electron chi connectivity index (χ3n) is 8.82. The van der Waals surface area contributed by atoms with E-state index in [1.54, 1.807) is 0 Å². The molecular weight excluding hydrogens is 601 g/mol. The van der Waals surface area contributed by atoms with Gasteiger partial charge in [-0.25, -0.2) is 23.5 Å². The number of benzene rings is 2. The van der Waals surface area contributed by atoms with Crippen molar-refractivity contribution in [1.29, 1.82) is 0 Å². The Labute approximate surface area is 273 Å². The Morgan fingerprint density at radius 1 is 1.00 bits per heavy atom. The first-order valence-corrected chi connectivity index (χ1v) is 16.4. The van der Waals surface area contributed by atoms with Gasteiger partial charge in [0.2, 0.25) is 0 Å². The first-order valence-electron chi connectivity index (χ1n) is 16.4. The molecule has 0 unspecified atom stereocenters. The van der Waals surface area contributed by atoms with Gasteiger partial charge in [-0.05, 0) is 81.7 Å². The lowest BCUT2D eigenvalue weighted by atomic mass is 9.91. The Morgan fingerprint density at radius 2 is 1.77 bits per heavy atom. The van der Waals surface area contributed by atoms with E-state index in [9.17, 15) is 18.8 Å². The Hall–Kier alpha value is -4.35. The molecule has 10 nitrogen and oxygen atoms in total. The molecule has 2 aromatic carbocycles. The average molecular weight is 644 g/mol. The maximum absolute atomic E-state index is 14.7. The summed E-state index contributed by atoms with van der Waals surface area (Å²) < 4.78 is 28.5. The van der Waals surface area contributed by atoms with Gasteiger partial charge in [0.05, 0.1) is 23.9 Å². The van der Waals surface area contributed by atoms with Crippen LogP contribution in [0, 0.1) is 5.82 Å². The molecule has 248 valence electrons. The van der Waals surface area contributed by atoms with E-state index in [0.717, 1.165) is 42.4 Å². The minimum absolute atomic E-state index is 0.0397. The quantitative estimate of drug-likeness (QED) is 0.292. The van der Waals surface area contributed by atoms with Gasteiger partial charge in [-0.2, -0.15) is 0 Å². The molecule has 0 atom stereocenters. The number of amides is 1. The average Bonchev–Trinajstić information content (AvgIpc) is 3.31. The van der Waals surface area contributed by atoms with E-state index in [4.69, 9.17) is 9.47 Å². The Balaban J connectivity index is 1.44. The van der Waals surface area contributed by atoms with Gasteiger partial charge in [-0.3, -0.25) is 14.3 Å². The van der Waals surface area contributed by atoms with Crippen molar-refractivity contribution in [3.63, 3.8) is 0 Å². The molecular formula is C36H42FN5O5. The summed E-state index contributed by atoms with van der Waals surface area (Å²) in [6.45, 7) is 8.90. The fourth-order valence-corrected chi connectivity index (χ4v) is 6.59. The number of hydrogen-bond acceptors (Lipinski definition) is 7. The van der Waals surface area contributed by atoms with Crippen molar-refractivity contribution in [2.45, 2.75) is 77.1 Å². The van der Waals surface area contributed by atoms with Gasteiger partial charge >= 0.3 is 11.8 Å². The Morgan fingerprint density at radius 3 is 2.51 bits per heavy atom. The highest BCUT2D eigenvalue weighted by molar-refractivity contribution is 5.77. The maximum Gasteiger partial charge on any atom is 0.407 e. The fraction of sp³-hybridized carbons (Fsp3) is 0.444. The lowest BCUT2D eigenvalue weighted by Crippen LogP contribution is -2.46. The molecule has 0 spiro atoms. The zero-order valence-corrected chi connectivity index (χ0v) is 27.2. The van der Waals surface area contributed by atoms with Crippen LogP contribution in [0.5, 0.6) is 0 Å². The summed E-state index contributed by atoms with van der Waals surface area (Å²) in [5, 5.41) is 2.96. The van der Waals surface area contributed by atoms with Gasteiger partial charge in [-0.15, -0.1) is 0 Å². The Bertz CT molecular complexity index is 1850. The van der Waals surface area contributed by atoms with E-state index in [1.165, 1.54) is 15.2 Å². The molecule has 6 rings (SSSR count). The number of hydrogen-bond donors (Lipinski definition) is 1. The van der Waals surface area contributed by atoms with E-state index in [2.05, 4.69) is 15.2 Å². The summed E-state index contributed by atoms with van der Waals surface area (Å²) >= 11 is 0. The number of nitrogens with zero attached hydrogens (tertiary/aromatic N) is 4. The van der Waals surface area contributed by atoms with E-state index >= 15 is 0 Å². The standard InChI is InChI=1S/C36H42FN5O5/c1-36(2,3)47-34(44)39-28-12-14-29(15-13-28)41-33(43)30-21-27(37)22-38-32(30)42(35(41)45)31-20-25(24-8-5-4-6-9-24)10-11-26(31)23-40-16-7-18-46-19-17-40/h4-6,8-11,20-22,28-29H,7,12-19,23H2,1-3H3,(H,39,44). The van der Waals surface area contributed by atoms with Crippen LogP contribution in [0.2, 0.25) is 0 Å². The molecule has 1 saturated carbocycles. The zero-order chi connectivity index (χ0) is 33.1. The molecule has 1 aliphatic carbocycles. The van der Waals surface area contributed by atoms with E-state index < -0.39 is 34.8 Å². The lowest BCUT2D eigenvalue weighted by Gasteiger charge is -2.31. The predicted molar refractivity (Wildman–Crippen MR) is 178 cm³/mol. The molecule has 1 saturated heterocycles. The van der Waals surface area contributed by atoms with Crippen molar-refractivity contribution in [1.82, 2.24) is 24.3 Å². The fourth-order valence-electron chi connectivity index (χ4n) is 6.59. The van der Waals surface area contributed by atoms with Gasteiger partial charge in [0, 0.05) is 38.3 Å². The second-order valence-electron chi connectivity index (χ2n) is 13.4. The summed E-state index contributed by atoms with van der Waals surface area (Å²) in [5.74, 6) is -0.653. The molecule has 2 fully saturated rings. The van der Waals surface area contributed by atoms with Crippen LogP contribution >= 0.6 is 0 Å². The van der Waals surface area contributed by atoms with Gasteiger partial charge in [-0.1, -0.05) is 42.5 Å². The summed E-state index contributed by atoms with van der Waals surface area (Å²) in [6, 6.07) is 16.5. The highest BCUT2D eigenvalue weighted by atomic mass is 19.1. The number of nitrogens with one attached hydrogen (secondary N) is 1. The molecule has 11 heteroatoms. The molecule has 2 aliphatic rings. The minimum Gasteiger partial charge on any atom is -0.444 e. The van der Waals surface area contributed by atoms with E-state index in [-0.39, 0.29) is 17.1 Å². The summed E-state index contributed by atoms with van der Waals surface area (Å²) in [4.78, 5) is 47.6. The van der Waals surface area contributed by atoms with Crippen LogP contribution < -0.4 is 16.6 Å². The molecule has 1 N–H and O–H groups in total. The largest absolute Gasteiger partial charge is 0.444 e. The summed E-state index contributed by atoms with van der Waals surface area (Å²) in [7, 11) is 0. The van der Waals surface area contributed by atoms with Crippen LogP contribution in [0.25, 0.3) is 27.8 Å². The van der Waals surface area contributed by atoms with E-state index in [1.807, 2.05) is 69.3 Å². The third kappa shape index (κ3) is 7.47. The number of aromatic nitrogens is 3. The number of pyridine rings is 1. The third-order valence-corrected chi connectivity index (χ3v) is 8.82. The second-order valence-corrected chi connectivity index (χ2v) is 13.4. The molecule has 0 radical (unpaired) electrons. The second kappa shape index (κ2) is 13.8. The van der Waals surface area contributed by atoms with Crippen molar-refractivity contribution >= 4 is 17.1 Å². The number of carbonyl (C=O) groups is 1. The first-order chi connectivity index (χ1) is 22.6. The van der Waals surface area contributed by atoms with Crippen molar-refractivity contribution in [2.75, 3.05) is 26.3 Å². The highest BCUT2D eigenvalue weighted by Crippen LogP contribution is 2.30. The minimum atomic E-state index is -0.653. The zero-order valence-electron chi connectivity index (χ0n) is 27.2. The number of halogens is 1. The van der Waals surface area contributed by atoms with Crippen LogP contribution in [0.4, 0.5) is 9.18 Å². The van der Waals surface area contributed by atoms with Crippen molar-refractivity contribution in [2.24, 2.45) is 0 Å². The summed E-state index contributed by atoms with van der Waals surface area (Å²) in [6.07, 6.45) is 3.53. The summed E-state index contributed by atoms with van der Waals surface area (Å²) in [5.41, 5.74) is 1.77. The van der Waals surface area contributed by atoms with Crippen molar-refractivity contribution < 1.29 is 18.7 Å². The number of alkyl carbamates (subject to hydrolysis) is 1. The highest BCUT2D eigenvalue weighted by Gasteiger charge is 2.29. The molecule has 2 aromatic heterocycles. The van der Waals surface area contributed by atoms with Crippen molar-refractivity contribution in [3.8, 4) is 16.8 Å². The van der Waals surface area contributed by atoms with Gasteiger partial charge in [0.1, 0.15) is 11.4 Å². The SMILES string of the molecule is CC(C)(C)OC(=O)NC1CCC(n2c(=O)c3cc(F)cnc3n(-c3cc(-c4ccccc4)ccc3CN3CCCOCC3)c2=O)CC1. The monoisotopic (exact) mass is 643 g/mol. The topological polar surface area (TPSA) is 108 Å². The van der Waals surface area contributed by atoms with Gasteiger partial charge in [0.15, 0.2) is 5.65 Å². The first kappa shape index (κ1) is 32.6. The van der Waals surface area contributed by atoms with Crippen molar-refractivity contribution in [3.05, 3.63) is 93.0 Å². The van der Waals surface area contributed by atoms with E-state index in [0.29, 0.717) is 51.1 Å². The normalized spacial score (nSPS) is 19.3. The van der Waals surface area contributed by atoms with Crippen LogP contribution in [0.15, 0.2) is 70.4 Å². The van der Waals surface area contributed by atoms with Crippen LogP contribution in [0.3, 0.4) is 0 Å². The smallest absolute Gasteiger partial charge is 0.407 e. The molecule has 3 heterocycles. The maximum atomic E-state index is 14.7. The molecule has 1 aliphatic heterocycles. The molecule has 4 aromatic rings. The number of carbonyl (C=O) groups excluding carboxylic acids is 1. The molecule has 0 bridgehead atoms. The van der Waals surface area contributed by atoms with Crippen LogP contribution in [0.1, 0.15) is 64.5 Å². The lowest BCUT2D eigenvalue weighted by molar-refractivity contribution is 0.0487.